The van der Waals surface area contributed by atoms with Crippen molar-refractivity contribution in [3.63, 3.8) is 0 Å². The first-order valence-electron chi connectivity index (χ1n) is 6.64. The van der Waals surface area contributed by atoms with Crippen LogP contribution in [-0.2, 0) is 6.42 Å². The van der Waals surface area contributed by atoms with Crippen LogP contribution in [0.4, 0.5) is 8.78 Å². The largest absolute Gasteiger partial charge is 0.310 e. The van der Waals surface area contributed by atoms with Crippen molar-refractivity contribution >= 4 is 23.2 Å². The van der Waals surface area contributed by atoms with E-state index in [1.165, 1.54) is 12.1 Å². The van der Waals surface area contributed by atoms with Gasteiger partial charge in [0.25, 0.3) is 0 Å². The van der Waals surface area contributed by atoms with Gasteiger partial charge in [0.15, 0.2) is 0 Å². The average molecular weight is 330 g/mol. The first kappa shape index (κ1) is 16.2. The van der Waals surface area contributed by atoms with Crippen LogP contribution in [0.25, 0.3) is 0 Å². The third-order valence-corrected chi connectivity index (χ3v) is 4.10. The van der Waals surface area contributed by atoms with Crippen molar-refractivity contribution in [1.82, 2.24) is 5.32 Å². The van der Waals surface area contributed by atoms with E-state index in [9.17, 15) is 8.78 Å². The Balaban J connectivity index is 2.33. The average Bonchev–Trinajstić information content (AvgIpc) is 2.43. The van der Waals surface area contributed by atoms with E-state index in [0.29, 0.717) is 28.6 Å². The Bertz CT molecular complexity index is 632. The lowest BCUT2D eigenvalue weighted by Crippen LogP contribution is -2.24. The predicted molar refractivity (Wildman–Crippen MR) is 82.9 cm³/mol. The van der Waals surface area contributed by atoms with Crippen LogP contribution in [0.2, 0.25) is 10.0 Å². The molecule has 0 spiro atoms. The minimum atomic E-state index is -0.590. The van der Waals surface area contributed by atoms with Crippen molar-refractivity contribution in [2.45, 2.75) is 19.4 Å². The topological polar surface area (TPSA) is 12.0 Å². The molecule has 1 atom stereocenters. The molecule has 0 heterocycles. The minimum absolute atomic E-state index is 0.299. The van der Waals surface area contributed by atoms with Crippen molar-refractivity contribution in [3.8, 4) is 0 Å². The van der Waals surface area contributed by atoms with Gasteiger partial charge < -0.3 is 5.32 Å². The molecule has 1 nitrogen and oxygen atoms in total. The highest BCUT2D eigenvalue weighted by atomic mass is 35.5. The summed E-state index contributed by atoms with van der Waals surface area (Å²) in [5.41, 5.74) is 1.23. The van der Waals surface area contributed by atoms with Crippen LogP contribution in [0.3, 0.4) is 0 Å². The van der Waals surface area contributed by atoms with Crippen LogP contribution >= 0.6 is 23.2 Å². The fourth-order valence-corrected chi connectivity index (χ4v) is 2.65. The van der Waals surface area contributed by atoms with Gasteiger partial charge in [-0.15, -0.1) is 0 Å². The third-order valence-electron chi connectivity index (χ3n) is 3.24. The fraction of sp³-hybridized carbons (Fsp3) is 0.250. The lowest BCUT2D eigenvalue weighted by Gasteiger charge is -2.20. The summed E-state index contributed by atoms with van der Waals surface area (Å²) in [5, 5.41) is 4.11. The third kappa shape index (κ3) is 3.94. The van der Waals surface area contributed by atoms with E-state index < -0.39 is 11.6 Å². The highest BCUT2D eigenvalue weighted by molar-refractivity contribution is 6.42. The summed E-state index contributed by atoms with van der Waals surface area (Å²) in [5.74, 6) is -1.16. The Morgan fingerprint density at radius 1 is 1.14 bits per heavy atom. The Morgan fingerprint density at radius 2 is 1.90 bits per heavy atom. The fourth-order valence-electron chi connectivity index (χ4n) is 2.25. The number of nitrogens with one attached hydrogen (secondary N) is 1. The summed E-state index contributed by atoms with van der Waals surface area (Å²) < 4.78 is 27.0. The molecule has 0 aliphatic rings. The van der Waals surface area contributed by atoms with Crippen LogP contribution in [0.1, 0.15) is 24.1 Å². The molecule has 1 unspecified atom stereocenters. The molecule has 5 heteroatoms. The molecule has 21 heavy (non-hydrogen) atoms. The Morgan fingerprint density at radius 3 is 2.57 bits per heavy atom. The number of rotatable bonds is 5. The lowest BCUT2D eigenvalue weighted by atomic mass is 9.98. The SMILES string of the molecule is CCNC(Cc1cccc(Cl)c1Cl)c1ccc(F)cc1F. The van der Waals surface area contributed by atoms with Gasteiger partial charge >= 0.3 is 0 Å². The summed E-state index contributed by atoms with van der Waals surface area (Å²) in [6.45, 7) is 2.58. The second kappa shape index (κ2) is 7.21. The molecule has 2 rings (SSSR count). The maximum atomic E-state index is 14.0. The molecule has 2 aromatic rings. The van der Waals surface area contributed by atoms with Gasteiger partial charge in [-0.3, -0.25) is 0 Å². The van der Waals surface area contributed by atoms with Crippen LogP contribution in [0, 0.1) is 11.6 Å². The highest BCUT2D eigenvalue weighted by Crippen LogP contribution is 2.30. The molecule has 0 amide bonds. The Hall–Kier alpha value is -1.16. The zero-order valence-electron chi connectivity index (χ0n) is 11.5. The van der Waals surface area contributed by atoms with Gasteiger partial charge in [-0.2, -0.15) is 0 Å². The van der Waals surface area contributed by atoms with Gasteiger partial charge in [0.05, 0.1) is 10.0 Å². The molecule has 0 saturated heterocycles. The smallest absolute Gasteiger partial charge is 0.130 e. The Labute approximate surface area is 132 Å². The van der Waals surface area contributed by atoms with Gasteiger partial charge in [-0.25, -0.2) is 8.78 Å². The van der Waals surface area contributed by atoms with E-state index >= 15 is 0 Å². The van der Waals surface area contributed by atoms with Gasteiger partial charge in [0.2, 0.25) is 0 Å². The molecule has 1 N–H and O–H groups in total. The first-order chi connectivity index (χ1) is 10.0. The minimum Gasteiger partial charge on any atom is -0.310 e. The summed E-state index contributed by atoms with van der Waals surface area (Å²) >= 11 is 12.2. The number of hydrogen-bond donors (Lipinski definition) is 1. The van der Waals surface area contributed by atoms with Gasteiger partial charge in [-0.05, 0) is 30.7 Å². The number of benzene rings is 2. The second-order valence-corrected chi connectivity index (χ2v) is 5.48. The zero-order chi connectivity index (χ0) is 15.4. The standard InChI is InChI=1S/C16H15Cl2F2N/c1-2-21-15(12-7-6-11(19)9-14(12)20)8-10-4-3-5-13(17)16(10)18/h3-7,9,15,21H,2,8H2,1H3. The zero-order valence-corrected chi connectivity index (χ0v) is 13.0. The second-order valence-electron chi connectivity index (χ2n) is 4.69. The maximum Gasteiger partial charge on any atom is 0.130 e. The van der Waals surface area contributed by atoms with Crippen LogP contribution in [0.15, 0.2) is 36.4 Å². The number of halogens is 4. The monoisotopic (exact) mass is 329 g/mol. The summed E-state index contributed by atoms with van der Waals surface area (Å²) in [7, 11) is 0. The summed E-state index contributed by atoms with van der Waals surface area (Å²) in [4.78, 5) is 0. The summed E-state index contributed by atoms with van der Waals surface area (Å²) in [6.07, 6.45) is 0.468. The molecule has 0 radical (unpaired) electrons. The molecule has 0 aromatic heterocycles. The van der Waals surface area contributed by atoms with E-state index in [2.05, 4.69) is 5.32 Å². The number of hydrogen-bond acceptors (Lipinski definition) is 1. The van der Waals surface area contributed by atoms with Crippen molar-refractivity contribution < 1.29 is 8.78 Å². The molecule has 0 fully saturated rings. The van der Waals surface area contributed by atoms with Crippen molar-refractivity contribution in [3.05, 3.63) is 69.2 Å². The molecule has 0 bridgehead atoms. The van der Waals surface area contributed by atoms with Crippen LogP contribution < -0.4 is 5.32 Å². The molecule has 2 aromatic carbocycles. The maximum absolute atomic E-state index is 14.0. The van der Waals surface area contributed by atoms with Gasteiger partial charge in [0, 0.05) is 17.7 Å². The molecular weight excluding hydrogens is 315 g/mol. The van der Waals surface area contributed by atoms with E-state index in [4.69, 9.17) is 23.2 Å². The van der Waals surface area contributed by atoms with Crippen LogP contribution in [0.5, 0.6) is 0 Å². The molecule has 0 saturated carbocycles. The molecule has 0 aliphatic heterocycles. The van der Waals surface area contributed by atoms with E-state index in [-0.39, 0.29) is 6.04 Å². The van der Waals surface area contributed by atoms with Gasteiger partial charge in [-0.1, -0.05) is 48.3 Å². The van der Waals surface area contributed by atoms with Crippen molar-refractivity contribution in [2.75, 3.05) is 6.54 Å². The van der Waals surface area contributed by atoms with Crippen molar-refractivity contribution in [2.24, 2.45) is 0 Å². The highest BCUT2D eigenvalue weighted by Gasteiger charge is 2.18. The molecule has 112 valence electrons. The normalized spacial score (nSPS) is 12.4. The quantitative estimate of drug-likeness (QED) is 0.798. The van der Waals surface area contributed by atoms with Crippen LogP contribution in [-0.4, -0.2) is 6.54 Å². The predicted octanol–water partition coefficient (Wildman–Crippen LogP) is 5.16. The Kier molecular flexibility index (Phi) is 5.57. The van der Waals surface area contributed by atoms with Gasteiger partial charge in [0.1, 0.15) is 11.6 Å². The van der Waals surface area contributed by atoms with E-state index in [1.54, 1.807) is 12.1 Å². The van der Waals surface area contributed by atoms with E-state index in [0.717, 1.165) is 11.6 Å². The lowest BCUT2D eigenvalue weighted by molar-refractivity contribution is 0.502. The molecular formula is C16H15Cl2F2N. The van der Waals surface area contributed by atoms with Crippen molar-refractivity contribution in [1.29, 1.82) is 0 Å². The summed E-state index contributed by atoms with van der Waals surface area (Å²) in [6, 6.07) is 8.64. The molecule has 0 aliphatic carbocycles. The van der Waals surface area contributed by atoms with E-state index in [1.807, 2.05) is 13.0 Å². The number of likely N-dealkylation sites (N-methyl/N-ethyl adjacent to an activating group) is 1. The first-order valence-corrected chi connectivity index (χ1v) is 7.39.